The van der Waals surface area contributed by atoms with Crippen LogP contribution >= 0.6 is 0 Å². The molecule has 1 aliphatic carbocycles. The third-order valence-electron chi connectivity index (χ3n) is 3.68. The van der Waals surface area contributed by atoms with Gasteiger partial charge in [-0.15, -0.1) is 0 Å². The van der Waals surface area contributed by atoms with Gasteiger partial charge in [0.25, 0.3) is 0 Å². The van der Waals surface area contributed by atoms with Crippen molar-refractivity contribution in [2.24, 2.45) is 0 Å². The molecule has 2 fully saturated rings. The summed E-state index contributed by atoms with van der Waals surface area (Å²) in [4.78, 5) is 11.9. The van der Waals surface area contributed by atoms with Crippen LogP contribution in [0.3, 0.4) is 0 Å². The highest BCUT2D eigenvalue weighted by atomic mass is 16.3. The molecule has 0 aromatic carbocycles. The lowest BCUT2D eigenvalue weighted by Crippen LogP contribution is -2.49. The fraction of sp³-hybridized carbons (Fsp3) is 0.917. The molecule has 0 radical (unpaired) electrons. The Morgan fingerprint density at radius 2 is 2.25 bits per heavy atom. The van der Waals surface area contributed by atoms with E-state index in [1.807, 2.05) is 6.92 Å². The first-order chi connectivity index (χ1) is 7.57. The molecule has 4 nitrogen and oxygen atoms in total. The minimum absolute atomic E-state index is 0.00752. The van der Waals surface area contributed by atoms with Gasteiger partial charge in [0.05, 0.1) is 11.6 Å². The molecular weight excluding hydrogens is 204 g/mol. The van der Waals surface area contributed by atoms with E-state index in [4.69, 9.17) is 0 Å². The Morgan fingerprint density at radius 3 is 2.88 bits per heavy atom. The lowest BCUT2D eigenvalue weighted by atomic mass is 9.83. The zero-order valence-electron chi connectivity index (χ0n) is 9.96. The van der Waals surface area contributed by atoms with Gasteiger partial charge < -0.3 is 15.7 Å². The molecule has 0 spiro atoms. The van der Waals surface area contributed by atoms with Crippen LogP contribution in [0.25, 0.3) is 0 Å². The number of aliphatic hydroxyl groups is 1. The van der Waals surface area contributed by atoms with E-state index in [0.29, 0.717) is 6.42 Å². The lowest BCUT2D eigenvalue weighted by molar-refractivity contribution is -0.124. The van der Waals surface area contributed by atoms with E-state index in [2.05, 4.69) is 10.6 Å². The maximum atomic E-state index is 11.9. The van der Waals surface area contributed by atoms with Gasteiger partial charge in [-0.25, -0.2) is 0 Å². The highest BCUT2D eigenvalue weighted by molar-refractivity contribution is 5.82. The fourth-order valence-corrected chi connectivity index (χ4v) is 2.80. The number of carbonyl (C=O) groups excluding carboxylic acids is 1. The number of nitrogens with one attached hydrogen (secondary N) is 2. The predicted octanol–water partition coefficient (Wildman–Crippen LogP) is 0.548. The summed E-state index contributed by atoms with van der Waals surface area (Å²) in [6.45, 7) is 2.81. The van der Waals surface area contributed by atoms with Gasteiger partial charge in [-0.05, 0) is 52.0 Å². The zero-order chi connectivity index (χ0) is 11.6. The van der Waals surface area contributed by atoms with Crippen molar-refractivity contribution in [2.75, 3.05) is 6.54 Å². The van der Waals surface area contributed by atoms with Crippen molar-refractivity contribution in [1.29, 1.82) is 0 Å². The molecule has 3 N–H and O–H groups in total. The lowest BCUT2D eigenvalue weighted by Gasteiger charge is -2.34. The van der Waals surface area contributed by atoms with E-state index >= 15 is 0 Å². The molecule has 4 heteroatoms. The molecular formula is C12H22N2O2. The molecule has 0 aromatic rings. The quantitative estimate of drug-likeness (QED) is 0.644. The highest BCUT2D eigenvalue weighted by Crippen LogP contribution is 2.27. The zero-order valence-corrected chi connectivity index (χ0v) is 9.96. The van der Waals surface area contributed by atoms with Crippen LogP contribution in [-0.2, 0) is 4.79 Å². The summed E-state index contributed by atoms with van der Waals surface area (Å²) in [5.74, 6) is 0.111. The van der Waals surface area contributed by atoms with E-state index in [1.54, 1.807) is 0 Å². The number of hydrogen-bond donors (Lipinski definition) is 3. The molecule has 2 rings (SSSR count). The van der Waals surface area contributed by atoms with Crippen molar-refractivity contribution in [2.45, 2.75) is 63.1 Å². The van der Waals surface area contributed by atoms with Crippen LogP contribution in [0.15, 0.2) is 0 Å². The van der Waals surface area contributed by atoms with Crippen LogP contribution in [0.5, 0.6) is 0 Å². The maximum absolute atomic E-state index is 11.9. The minimum Gasteiger partial charge on any atom is -0.390 e. The summed E-state index contributed by atoms with van der Waals surface area (Å²) in [5, 5.41) is 16.2. The second kappa shape index (κ2) is 4.72. The van der Waals surface area contributed by atoms with Crippen molar-refractivity contribution in [3.63, 3.8) is 0 Å². The topological polar surface area (TPSA) is 61.4 Å². The summed E-state index contributed by atoms with van der Waals surface area (Å²) < 4.78 is 0. The van der Waals surface area contributed by atoms with Gasteiger partial charge in [0, 0.05) is 6.04 Å². The average Bonchev–Trinajstić information content (AvgIpc) is 2.68. The first-order valence-electron chi connectivity index (χ1n) is 6.33. The number of rotatable bonds is 2. The monoisotopic (exact) mass is 226 g/mol. The largest absolute Gasteiger partial charge is 0.390 e. The van der Waals surface area contributed by atoms with E-state index in [-0.39, 0.29) is 18.0 Å². The van der Waals surface area contributed by atoms with E-state index in [1.165, 1.54) is 0 Å². The summed E-state index contributed by atoms with van der Waals surface area (Å²) in [6, 6.07) is 0.144. The van der Waals surface area contributed by atoms with E-state index in [9.17, 15) is 9.90 Å². The first kappa shape index (κ1) is 11.9. The molecule has 16 heavy (non-hydrogen) atoms. The van der Waals surface area contributed by atoms with Crippen LogP contribution in [0.1, 0.15) is 45.4 Å². The smallest absolute Gasteiger partial charge is 0.237 e. The van der Waals surface area contributed by atoms with Gasteiger partial charge in [0.1, 0.15) is 0 Å². The molecule has 3 atom stereocenters. The molecule has 3 unspecified atom stereocenters. The summed E-state index contributed by atoms with van der Waals surface area (Å²) >= 11 is 0. The van der Waals surface area contributed by atoms with Crippen molar-refractivity contribution in [1.82, 2.24) is 10.6 Å². The maximum Gasteiger partial charge on any atom is 0.237 e. The van der Waals surface area contributed by atoms with Gasteiger partial charge in [0.2, 0.25) is 5.91 Å². The second-order valence-corrected chi connectivity index (χ2v) is 5.45. The first-order valence-corrected chi connectivity index (χ1v) is 6.33. The Bertz CT molecular complexity index is 260. The van der Waals surface area contributed by atoms with Crippen LogP contribution in [0, 0.1) is 0 Å². The van der Waals surface area contributed by atoms with Gasteiger partial charge in [0.15, 0.2) is 0 Å². The molecule has 1 amide bonds. The molecule has 1 heterocycles. The standard InChI is InChI=1S/C12H22N2O2/c1-12(16)6-2-4-9(8-12)14-11(15)10-5-3-7-13-10/h9-10,13,16H,2-8H2,1H3,(H,14,15). The number of hydrogen-bond acceptors (Lipinski definition) is 3. The fourth-order valence-electron chi connectivity index (χ4n) is 2.80. The van der Waals surface area contributed by atoms with Crippen LogP contribution in [0.2, 0.25) is 0 Å². The van der Waals surface area contributed by atoms with E-state index in [0.717, 1.165) is 38.6 Å². The van der Waals surface area contributed by atoms with Gasteiger partial charge in [-0.1, -0.05) is 0 Å². The SMILES string of the molecule is CC1(O)CCCC(NC(=O)C2CCCN2)C1. The molecule has 2 aliphatic rings. The Balaban J connectivity index is 1.82. The second-order valence-electron chi connectivity index (χ2n) is 5.45. The highest BCUT2D eigenvalue weighted by Gasteiger charge is 2.32. The Kier molecular flexibility index (Phi) is 3.50. The van der Waals surface area contributed by atoms with Gasteiger partial charge in [-0.3, -0.25) is 4.79 Å². The van der Waals surface area contributed by atoms with Crippen LogP contribution in [-0.4, -0.2) is 35.2 Å². The molecule has 1 saturated carbocycles. The van der Waals surface area contributed by atoms with Crippen LogP contribution in [0.4, 0.5) is 0 Å². The van der Waals surface area contributed by atoms with Crippen molar-refractivity contribution in [3.05, 3.63) is 0 Å². The number of amides is 1. The van der Waals surface area contributed by atoms with Gasteiger partial charge >= 0.3 is 0 Å². The predicted molar refractivity (Wildman–Crippen MR) is 62.0 cm³/mol. The van der Waals surface area contributed by atoms with E-state index < -0.39 is 5.60 Å². The van der Waals surface area contributed by atoms with Crippen LogP contribution < -0.4 is 10.6 Å². The van der Waals surface area contributed by atoms with Crippen molar-refractivity contribution in [3.8, 4) is 0 Å². The average molecular weight is 226 g/mol. The van der Waals surface area contributed by atoms with Crippen molar-refractivity contribution < 1.29 is 9.90 Å². The normalized spacial score (nSPS) is 39.6. The minimum atomic E-state index is -0.598. The molecule has 0 aromatic heterocycles. The molecule has 0 bridgehead atoms. The molecule has 92 valence electrons. The molecule has 1 aliphatic heterocycles. The Labute approximate surface area is 96.8 Å². The summed E-state index contributed by atoms with van der Waals surface area (Å²) in [7, 11) is 0. The number of carbonyl (C=O) groups is 1. The molecule has 1 saturated heterocycles. The van der Waals surface area contributed by atoms with Gasteiger partial charge in [-0.2, -0.15) is 0 Å². The Hall–Kier alpha value is -0.610. The third-order valence-corrected chi connectivity index (χ3v) is 3.68. The van der Waals surface area contributed by atoms with Crippen molar-refractivity contribution >= 4 is 5.91 Å². The Morgan fingerprint density at radius 1 is 1.44 bits per heavy atom. The summed E-state index contributed by atoms with van der Waals surface area (Å²) in [5.41, 5.74) is -0.598. The summed E-state index contributed by atoms with van der Waals surface area (Å²) in [6.07, 6.45) is 5.55. The third kappa shape index (κ3) is 2.95.